The minimum absolute atomic E-state index is 0.447. The van der Waals surface area contributed by atoms with Crippen molar-refractivity contribution < 1.29 is 8.72 Å². The fourth-order valence-electron chi connectivity index (χ4n) is 0.198. The van der Waals surface area contributed by atoms with E-state index in [0.717, 1.165) is 0 Å². The molecule has 0 aliphatic rings. The standard InChI is InChI=1S/C4H10FOP/c1-4(2)3-6-7-5/h4,7H,3H2,1-2H3. The molecule has 0 heterocycles. The van der Waals surface area contributed by atoms with Crippen LogP contribution in [0.5, 0.6) is 0 Å². The van der Waals surface area contributed by atoms with Gasteiger partial charge in [0.2, 0.25) is 9.12 Å². The molecule has 0 fully saturated rings. The monoisotopic (exact) mass is 124 g/mol. The van der Waals surface area contributed by atoms with Gasteiger partial charge in [-0.05, 0) is 5.92 Å². The zero-order chi connectivity index (χ0) is 5.70. The highest BCUT2D eigenvalue weighted by atomic mass is 31.1. The molecule has 1 nitrogen and oxygen atoms in total. The van der Waals surface area contributed by atoms with Gasteiger partial charge in [0.1, 0.15) is 0 Å². The Morgan fingerprint density at radius 1 is 1.71 bits per heavy atom. The van der Waals surface area contributed by atoms with E-state index in [9.17, 15) is 4.20 Å². The Labute approximate surface area is 45.2 Å². The average Bonchev–Trinajstić information content (AvgIpc) is 1.61. The second-order valence-corrected chi connectivity index (χ2v) is 2.22. The normalized spacial score (nSPS) is 12.0. The summed E-state index contributed by atoms with van der Waals surface area (Å²) in [5.74, 6) is 0.447. The molecule has 0 aromatic carbocycles. The molecular formula is C4H10FOP. The van der Waals surface area contributed by atoms with E-state index < -0.39 is 9.12 Å². The number of hydrogen-bond donors (Lipinski definition) is 0. The molecule has 0 aromatic heterocycles. The molecule has 3 heteroatoms. The number of hydrogen-bond acceptors (Lipinski definition) is 1. The Balaban J connectivity index is 2.68. The van der Waals surface area contributed by atoms with Crippen molar-refractivity contribution in [2.24, 2.45) is 5.92 Å². The van der Waals surface area contributed by atoms with E-state index in [0.29, 0.717) is 12.5 Å². The molecule has 44 valence electrons. The van der Waals surface area contributed by atoms with E-state index in [-0.39, 0.29) is 0 Å². The van der Waals surface area contributed by atoms with Gasteiger partial charge in [0, 0.05) is 0 Å². The molecule has 0 bridgehead atoms. The maximum absolute atomic E-state index is 11.2. The molecule has 0 rings (SSSR count). The lowest BCUT2D eigenvalue weighted by molar-refractivity contribution is 0.294. The van der Waals surface area contributed by atoms with Gasteiger partial charge >= 0.3 is 0 Å². The Hall–Kier alpha value is 0.320. The van der Waals surface area contributed by atoms with Crippen molar-refractivity contribution in [3.8, 4) is 0 Å². The summed E-state index contributed by atoms with van der Waals surface area (Å²) in [5.41, 5.74) is 0. The summed E-state index contributed by atoms with van der Waals surface area (Å²) >= 11 is 0. The van der Waals surface area contributed by atoms with Gasteiger partial charge in [-0.3, -0.25) is 0 Å². The lowest BCUT2D eigenvalue weighted by atomic mass is 10.2. The van der Waals surface area contributed by atoms with E-state index >= 15 is 0 Å². The smallest absolute Gasteiger partial charge is 0.205 e. The zero-order valence-electron chi connectivity index (χ0n) is 4.57. The van der Waals surface area contributed by atoms with E-state index in [1.807, 2.05) is 13.8 Å². The third-order valence-corrected chi connectivity index (χ3v) is 0.747. The molecular weight excluding hydrogens is 114 g/mol. The fraction of sp³-hybridized carbons (Fsp3) is 1.00. The van der Waals surface area contributed by atoms with Gasteiger partial charge in [-0.15, -0.1) is 0 Å². The Morgan fingerprint density at radius 3 is 2.43 bits per heavy atom. The molecule has 0 N–H and O–H groups in total. The van der Waals surface area contributed by atoms with Gasteiger partial charge in [0.15, 0.2) is 0 Å². The largest absolute Gasteiger partial charge is 0.332 e. The van der Waals surface area contributed by atoms with Gasteiger partial charge in [0.25, 0.3) is 0 Å². The molecule has 0 spiro atoms. The Morgan fingerprint density at radius 2 is 2.29 bits per heavy atom. The van der Waals surface area contributed by atoms with Crippen LogP contribution < -0.4 is 0 Å². The van der Waals surface area contributed by atoms with Crippen LogP contribution in [0.25, 0.3) is 0 Å². The minimum atomic E-state index is -0.849. The van der Waals surface area contributed by atoms with Gasteiger partial charge in [-0.2, -0.15) is 4.20 Å². The van der Waals surface area contributed by atoms with Crippen molar-refractivity contribution >= 4 is 9.12 Å². The van der Waals surface area contributed by atoms with E-state index in [4.69, 9.17) is 0 Å². The van der Waals surface area contributed by atoms with Crippen molar-refractivity contribution in [2.75, 3.05) is 6.61 Å². The highest BCUT2D eigenvalue weighted by molar-refractivity contribution is 7.25. The fourth-order valence-corrected chi connectivity index (χ4v) is 0.594. The van der Waals surface area contributed by atoms with Gasteiger partial charge in [-0.25, -0.2) is 0 Å². The van der Waals surface area contributed by atoms with Crippen molar-refractivity contribution in [3.05, 3.63) is 0 Å². The third kappa shape index (κ3) is 6.32. The van der Waals surface area contributed by atoms with Gasteiger partial charge in [0.05, 0.1) is 6.61 Å². The molecule has 0 saturated heterocycles. The highest BCUT2D eigenvalue weighted by Gasteiger charge is 1.90. The zero-order valence-corrected chi connectivity index (χ0v) is 5.57. The molecule has 1 atom stereocenters. The summed E-state index contributed by atoms with van der Waals surface area (Å²) < 4.78 is 15.6. The first-order valence-corrected chi connectivity index (χ1v) is 3.03. The predicted octanol–water partition coefficient (Wildman–Crippen LogP) is 2.14. The van der Waals surface area contributed by atoms with Crippen LogP contribution in [0.2, 0.25) is 0 Å². The summed E-state index contributed by atoms with van der Waals surface area (Å²) in [6, 6.07) is 0. The average molecular weight is 124 g/mol. The molecule has 0 saturated carbocycles. The predicted molar refractivity (Wildman–Crippen MR) is 30.2 cm³/mol. The SMILES string of the molecule is CC(C)COPF. The van der Waals surface area contributed by atoms with Crippen LogP contribution in [0.1, 0.15) is 13.8 Å². The molecule has 1 unspecified atom stereocenters. The second-order valence-electron chi connectivity index (χ2n) is 1.78. The summed E-state index contributed by atoms with van der Waals surface area (Å²) in [6.45, 7) is 4.51. The lowest BCUT2D eigenvalue weighted by Gasteiger charge is -1.99. The third-order valence-electron chi connectivity index (χ3n) is 0.471. The first-order valence-electron chi connectivity index (χ1n) is 2.24. The Bertz CT molecular complexity index is 40.7. The van der Waals surface area contributed by atoms with Crippen LogP contribution in [0.3, 0.4) is 0 Å². The second kappa shape index (κ2) is 4.48. The van der Waals surface area contributed by atoms with Crippen LogP contribution >= 0.6 is 9.12 Å². The van der Waals surface area contributed by atoms with Crippen molar-refractivity contribution in [3.63, 3.8) is 0 Å². The van der Waals surface area contributed by atoms with Crippen molar-refractivity contribution in [1.29, 1.82) is 0 Å². The van der Waals surface area contributed by atoms with Crippen LogP contribution in [-0.2, 0) is 4.52 Å². The maximum Gasteiger partial charge on any atom is 0.205 e. The van der Waals surface area contributed by atoms with E-state index in [1.165, 1.54) is 0 Å². The summed E-state index contributed by atoms with van der Waals surface area (Å²) in [6.07, 6.45) is 0. The summed E-state index contributed by atoms with van der Waals surface area (Å²) in [7, 11) is -0.849. The van der Waals surface area contributed by atoms with Gasteiger partial charge in [-0.1, -0.05) is 13.8 Å². The van der Waals surface area contributed by atoms with Crippen LogP contribution in [0.15, 0.2) is 0 Å². The topological polar surface area (TPSA) is 9.23 Å². The summed E-state index contributed by atoms with van der Waals surface area (Å²) in [4.78, 5) is 0. The first kappa shape index (κ1) is 7.32. The quantitative estimate of drug-likeness (QED) is 0.523. The molecule has 7 heavy (non-hydrogen) atoms. The van der Waals surface area contributed by atoms with Crippen molar-refractivity contribution in [2.45, 2.75) is 13.8 Å². The van der Waals surface area contributed by atoms with Gasteiger partial charge < -0.3 is 4.52 Å². The number of halogens is 1. The number of rotatable bonds is 3. The molecule has 0 aromatic rings. The molecule has 0 radical (unpaired) electrons. The summed E-state index contributed by atoms with van der Waals surface area (Å²) in [5, 5.41) is 0. The minimum Gasteiger partial charge on any atom is -0.332 e. The highest BCUT2D eigenvalue weighted by Crippen LogP contribution is 2.12. The maximum atomic E-state index is 11.2. The van der Waals surface area contributed by atoms with Crippen LogP contribution in [0.4, 0.5) is 4.20 Å². The van der Waals surface area contributed by atoms with Crippen LogP contribution in [0, 0.1) is 5.92 Å². The molecule has 0 aliphatic carbocycles. The molecule has 0 amide bonds. The Kier molecular flexibility index (Phi) is 4.68. The van der Waals surface area contributed by atoms with Crippen LogP contribution in [-0.4, -0.2) is 6.61 Å². The first-order chi connectivity index (χ1) is 3.27. The van der Waals surface area contributed by atoms with E-state index in [1.54, 1.807) is 0 Å². The van der Waals surface area contributed by atoms with E-state index in [2.05, 4.69) is 4.52 Å². The lowest BCUT2D eigenvalue weighted by Crippen LogP contribution is -1.93. The van der Waals surface area contributed by atoms with Crippen molar-refractivity contribution in [1.82, 2.24) is 0 Å². The molecule has 0 aliphatic heterocycles.